The van der Waals surface area contributed by atoms with E-state index in [-0.39, 0.29) is 29.1 Å². The highest BCUT2D eigenvalue weighted by atomic mass is 32.2. The van der Waals surface area contributed by atoms with E-state index < -0.39 is 10.0 Å². The van der Waals surface area contributed by atoms with Gasteiger partial charge in [-0.15, -0.1) is 0 Å². The Balaban J connectivity index is 2.60. The van der Waals surface area contributed by atoms with E-state index >= 15 is 0 Å². The van der Waals surface area contributed by atoms with E-state index in [1.165, 1.54) is 35.4 Å². The highest BCUT2D eigenvalue weighted by molar-refractivity contribution is 7.89. The lowest BCUT2D eigenvalue weighted by Gasteiger charge is -2.13. The van der Waals surface area contributed by atoms with Crippen LogP contribution in [0.3, 0.4) is 0 Å². The van der Waals surface area contributed by atoms with Gasteiger partial charge in [0.25, 0.3) is 0 Å². The number of benzene rings is 1. The first-order chi connectivity index (χ1) is 12.1. The second-order valence-electron chi connectivity index (χ2n) is 6.43. The number of carbonyl (C=O) groups is 1. The Morgan fingerprint density at radius 3 is 2.38 bits per heavy atom. The molecule has 1 heterocycles. The molecule has 0 aliphatic rings. The summed E-state index contributed by atoms with van der Waals surface area (Å²) in [5, 5.41) is 2.83. The fraction of sp³-hybridized carbons (Fsp3) is 0.529. The van der Waals surface area contributed by atoms with Crippen molar-refractivity contribution in [3.8, 4) is 0 Å². The van der Waals surface area contributed by atoms with Crippen molar-refractivity contribution in [3.05, 3.63) is 28.7 Å². The Bertz CT molecular complexity index is 973. The minimum Gasteiger partial charge on any atom is -0.352 e. The van der Waals surface area contributed by atoms with Crippen LogP contribution in [0.15, 0.2) is 27.9 Å². The van der Waals surface area contributed by atoms with E-state index in [4.69, 9.17) is 0 Å². The van der Waals surface area contributed by atoms with Crippen molar-refractivity contribution in [2.24, 2.45) is 0 Å². The lowest BCUT2D eigenvalue weighted by atomic mass is 10.2. The number of imidazole rings is 1. The van der Waals surface area contributed by atoms with Gasteiger partial charge >= 0.3 is 5.69 Å². The van der Waals surface area contributed by atoms with Gasteiger partial charge in [-0.3, -0.25) is 13.9 Å². The molecule has 144 valence electrons. The molecule has 0 spiro atoms. The van der Waals surface area contributed by atoms with Crippen LogP contribution < -0.4 is 11.0 Å². The Labute approximate surface area is 153 Å². The van der Waals surface area contributed by atoms with Crippen molar-refractivity contribution < 1.29 is 13.2 Å². The molecule has 0 saturated carbocycles. The minimum absolute atomic E-state index is 0.00223. The number of hydrogen-bond donors (Lipinski definition) is 1. The van der Waals surface area contributed by atoms with Gasteiger partial charge in [0.2, 0.25) is 15.9 Å². The first-order valence-electron chi connectivity index (χ1n) is 8.58. The molecule has 8 nitrogen and oxygen atoms in total. The predicted molar refractivity (Wildman–Crippen MR) is 101 cm³/mol. The molecule has 1 aromatic carbocycles. The fourth-order valence-corrected chi connectivity index (χ4v) is 3.62. The molecule has 1 atom stereocenters. The maximum atomic E-state index is 12.7. The van der Waals surface area contributed by atoms with Crippen LogP contribution in [0.1, 0.15) is 27.2 Å². The topological polar surface area (TPSA) is 93.4 Å². The maximum absolute atomic E-state index is 12.7. The van der Waals surface area contributed by atoms with E-state index in [0.29, 0.717) is 17.6 Å². The number of hydrogen-bond acceptors (Lipinski definition) is 4. The van der Waals surface area contributed by atoms with E-state index in [9.17, 15) is 18.0 Å². The average molecular weight is 382 g/mol. The highest BCUT2D eigenvalue weighted by Crippen LogP contribution is 2.20. The van der Waals surface area contributed by atoms with Crippen LogP contribution in [-0.4, -0.2) is 47.9 Å². The van der Waals surface area contributed by atoms with Gasteiger partial charge in [-0.2, -0.15) is 0 Å². The van der Waals surface area contributed by atoms with Gasteiger partial charge in [-0.25, -0.2) is 17.5 Å². The quantitative estimate of drug-likeness (QED) is 0.773. The van der Waals surface area contributed by atoms with Gasteiger partial charge in [-0.1, -0.05) is 6.92 Å². The summed E-state index contributed by atoms with van der Waals surface area (Å²) in [6.45, 7) is 5.94. The maximum Gasteiger partial charge on any atom is 0.329 e. The molecule has 1 unspecified atom stereocenters. The molecule has 26 heavy (non-hydrogen) atoms. The first-order valence-corrected chi connectivity index (χ1v) is 10.0. The molecule has 0 radical (unpaired) electrons. The van der Waals surface area contributed by atoms with E-state index in [1.54, 1.807) is 6.07 Å². The summed E-state index contributed by atoms with van der Waals surface area (Å²) < 4.78 is 28.8. The average Bonchev–Trinajstić information content (AvgIpc) is 2.85. The van der Waals surface area contributed by atoms with E-state index in [2.05, 4.69) is 5.32 Å². The van der Waals surface area contributed by atoms with Gasteiger partial charge in [0.05, 0.1) is 15.9 Å². The first kappa shape index (κ1) is 20.2. The van der Waals surface area contributed by atoms with Crippen molar-refractivity contribution in [3.63, 3.8) is 0 Å². The Morgan fingerprint density at radius 1 is 1.19 bits per heavy atom. The Kier molecular flexibility index (Phi) is 5.92. The number of carbonyl (C=O) groups excluding carboxylic acids is 1. The number of aryl methyl sites for hydroxylation is 1. The molecule has 9 heteroatoms. The predicted octanol–water partition coefficient (Wildman–Crippen LogP) is 0.988. The van der Waals surface area contributed by atoms with Crippen molar-refractivity contribution in [1.82, 2.24) is 18.8 Å². The zero-order valence-electron chi connectivity index (χ0n) is 15.8. The molecule has 2 rings (SSSR count). The molecule has 0 aliphatic carbocycles. The van der Waals surface area contributed by atoms with Gasteiger partial charge < -0.3 is 5.32 Å². The number of nitrogens with one attached hydrogen (secondary N) is 1. The molecular formula is C17H26N4O4S. The Morgan fingerprint density at radius 2 is 1.85 bits per heavy atom. The van der Waals surface area contributed by atoms with E-state index in [0.717, 1.165) is 10.7 Å². The zero-order chi connectivity index (χ0) is 19.6. The van der Waals surface area contributed by atoms with Gasteiger partial charge in [0.15, 0.2) is 0 Å². The van der Waals surface area contributed by atoms with Crippen LogP contribution in [0.2, 0.25) is 0 Å². The molecule has 1 aromatic heterocycles. The SMILES string of the molecule is CCC(C)NC(=O)Cn1c(=O)n(CC)c2ccc(S(=O)(=O)N(C)C)cc21. The van der Waals surface area contributed by atoms with Gasteiger partial charge in [0, 0.05) is 26.7 Å². The Hall–Kier alpha value is -2.13. The second-order valence-corrected chi connectivity index (χ2v) is 8.58. The normalized spacial score (nSPS) is 13.3. The molecule has 0 aliphatic heterocycles. The minimum atomic E-state index is -3.64. The summed E-state index contributed by atoms with van der Waals surface area (Å²) in [4.78, 5) is 25.0. The van der Waals surface area contributed by atoms with Crippen LogP contribution >= 0.6 is 0 Å². The fourth-order valence-electron chi connectivity index (χ4n) is 2.70. The lowest BCUT2D eigenvalue weighted by molar-refractivity contribution is -0.122. The van der Waals surface area contributed by atoms with Crippen LogP contribution in [-0.2, 0) is 27.9 Å². The molecule has 0 saturated heterocycles. The van der Waals surface area contributed by atoms with Crippen molar-refractivity contribution in [1.29, 1.82) is 0 Å². The standard InChI is InChI=1S/C17H26N4O4S/c1-6-12(3)18-16(22)11-21-15-10-13(26(24,25)19(4)5)8-9-14(15)20(7-2)17(21)23/h8-10,12H,6-7,11H2,1-5H3,(H,18,22). The van der Waals surface area contributed by atoms with Crippen molar-refractivity contribution in [2.75, 3.05) is 14.1 Å². The molecular weight excluding hydrogens is 356 g/mol. The second kappa shape index (κ2) is 7.63. The van der Waals surface area contributed by atoms with Gasteiger partial charge in [-0.05, 0) is 38.5 Å². The van der Waals surface area contributed by atoms with Crippen molar-refractivity contribution in [2.45, 2.75) is 51.2 Å². The lowest BCUT2D eigenvalue weighted by Crippen LogP contribution is -2.37. The third-order valence-corrected chi connectivity index (χ3v) is 6.22. The number of rotatable bonds is 7. The third-order valence-electron chi connectivity index (χ3n) is 4.41. The molecule has 0 bridgehead atoms. The third kappa shape index (κ3) is 3.68. The summed E-state index contributed by atoms with van der Waals surface area (Å²) in [5.74, 6) is -0.280. The smallest absolute Gasteiger partial charge is 0.329 e. The summed E-state index contributed by atoms with van der Waals surface area (Å²) in [5.41, 5.74) is 0.701. The highest BCUT2D eigenvalue weighted by Gasteiger charge is 2.21. The molecule has 1 N–H and O–H groups in total. The number of aromatic nitrogens is 2. The molecule has 2 aromatic rings. The molecule has 0 fully saturated rings. The number of fused-ring (bicyclic) bond motifs is 1. The van der Waals surface area contributed by atoms with E-state index in [1.807, 2.05) is 20.8 Å². The summed E-state index contributed by atoms with van der Waals surface area (Å²) in [6.07, 6.45) is 0.780. The monoisotopic (exact) mass is 382 g/mol. The van der Waals surface area contributed by atoms with Crippen LogP contribution in [0.4, 0.5) is 0 Å². The molecule has 1 amide bonds. The zero-order valence-corrected chi connectivity index (χ0v) is 16.6. The summed E-state index contributed by atoms with van der Waals surface area (Å²) in [6, 6.07) is 4.55. The summed E-state index contributed by atoms with van der Waals surface area (Å²) >= 11 is 0. The van der Waals surface area contributed by atoms with Gasteiger partial charge in [0.1, 0.15) is 6.54 Å². The van der Waals surface area contributed by atoms with Crippen LogP contribution in [0.5, 0.6) is 0 Å². The largest absolute Gasteiger partial charge is 0.352 e. The van der Waals surface area contributed by atoms with Crippen LogP contribution in [0, 0.1) is 0 Å². The number of amides is 1. The van der Waals surface area contributed by atoms with Crippen molar-refractivity contribution >= 4 is 27.0 Å². The number of nitrogens with zero attached hydrogens (tertiary/aromatic N) is 3. The number of sulfonamides is 1. The van der Waals surface area contributed by atoms with Crippen LogP contribution in [0.25, 0.3) is 11.0 Å². The summed E-state index contributed by atoms with van der Waals surface area (Å²) in [7, 11) is -0.743.